The van der Waals surface area contributed by atoms with Gasteiger partial charge < -0.3 is 14.9 Å². The Balaban J connectivity index is 3.12. The number of rotatable bonds is 3. The Morgan fingerprint density at radius 1 is 1.14 bits per heavy atom. The molecular weight excluding hydrogens is 322 g/mol. The summed E-state index contributed by atoms with van der Waals surface area (Å²) in [6, 6.07) is 0. The second-order valence-corrected chi connectivity index (χ2v) is 5.01. The molecule has 4 nitrogen and oxygen atoms in total. The molecule has 1 saturated carbocycles. The van der Waals surface area contributed by atoms with Crippen LogP contribution in [0.3, 0.4) is 0 Å². The predicted molar refractivity (Wildman–Crippen MR) is 60.5 cm³/mol. The minimum atomic E-state index is -6.04. The Labute approximate surface area is 121 Å². The van der Waals surface area contributed by atoms with E-state index in [1.807, 2.05) is 0 Å². The van der Waals surface area contributed by atoms with Crippen LogP contribution in [0.4, 0.5) is 26.3 Å². The fraction of sp³-hybridized carbons (Fsp3) is 0.750. The molecule has 1 aliphatic carbocycles. The van der Waals surface area contributed by atoms with Crippen LogP contribution in [0, 0.1) is 5.92 Å². The summed E-state index contributed by atoms with van der Waals surface area (Å²) in [5, 5.41) is 18.8. The van der Waals surface area contributed by atoms with Crippen molar-refractivity contribution in [3.63, 3.8) is 0 Å². The highest BCUT2D eigenvalue weighted by Crippen LogP contribution is 2.51. The molecule has 22 heavy (non-hydrogen) atoms. The number of aliphatic hydroxyl groups is 2. The average molecular weight is 336 g/mol. The normalized spacial score (nSPS) is 27.4. The van der Waals surface area contributed by atoms with Gasteiger partial charge in [-0.2, -0.15) is 26.3 Å². The minimum absolute atomic E-state index is 0.122. The zero-order valence-electron chi connectivity index (χ0n) is 11.1. The van der Waals surface area contributed by atoms with E-state index in [-0.39, 0.29) is 6.42 Å². The highest BCUT2D eigenvalue weighted by atomic mass is 19.4. The van der Waals surface area contributed by atoms with Gasteiger partial charge in [-0.1, -0.05) is 6.58 Å². The van der Waals surface area contributed by atoms with Crippen molar-refractivity contribution in [2.45, 2.75) is 49.4 Å². The molecule has 0 aromatic carbocycles. The molecular formula is C12H14F6O4. The van der Waals surface area contributed by atoms with Crippen LogP contribution in [0.15, 0.2) is 12.7 Å². The van der Waals surface area contributed by atoms with Crippen molar-refractivity contribution >= 4 is 5.97 Å². The van der Waals surface area contributed by atoms with Gasteiger partial charge in [0.2, 0.25) is 0 Å². The van der Waals surface area contributed by atoms with Gasteiger partial charge in [0.15, 0.2) is 0 Å². The predicted octanol–water partition coefficient (Wildman–Crippen LogP) is 2.10. The van der Waals surface area contributed by atoms with Crippen molar-refractivity contribution in [2.24, 2.45) is 5.92 Å². The molecule has 0 saturated heterocycles. The molecule has 0 spiro atoms. The van der Waals surface area contributed by atoms with Crippen LogP contribution in [0.5, 0.6) is 0 Å². The van der Waals surface area contributed by atoms with E-state index in [0.717, 1.165) is 0 Å². The fourth-order valence-electron chi connectivity index (χ4n) is 2.47. The van der Waals surface area contributed by atoms with Gasteiger partial charge in [0.1, 0.15) is 6.10 Å². The van der Waals surface area contributed by atoms with Crippen LogP contribution in [0.1, 0.15) is 19.3 Å². The Morgan fingerprint density at radius 2 is 1.64 bits per heavy atom. The molecule has 0 amide bonds. The third-order valence-corrected chi connectivity index (χ3v) is 3.62. The van der Waals surface area contributed by atoms with E-state index in [9.17, 15) is 41.4 Å². The van der Waals surface area contributed by atoms with E-state index in [1.165, 1.54) is 0 Å². The molecule has 0 aromatic heterocycles. The monoisotopic (exact) mass is 336 g/mol. The summed E-state index contributed by atoms with van der Waals surface area (Å²) in [7, 11) is 0. The number of esters is 1. The second kappa shape index (κ2) is 6.07. The highest BCUT2D eigenvalue weighted by Gasteiger charge is 2.75. The molecule has 3 atom stereocenters. The Morgan fingerprint density at radius 3 is 2.05 bits per heavy atom. The van der Waals surface area contributed by atoms with Crippen LogP contribution in [0.25, 0.3) is 0 Å². The molecule has 1 rings (SSSR count). The zero-order valence-corrected chi connectivity index (χ0v) is 11.1. The third-order valence-electron chi connectivity index (χ3n) is 3.62. The lowest BCUT2D eigenvalue weighted by Crippen LogP contribution is -2.65. The summed E-state index contributed by atoms with van der Waals surface area (Å²) in [6.07, 6.45) is -16.3. The maximum Gasteiger partial charge on any atom is 0.426 e. The summed E-state index contributed by atoms with van der Waals surface area (Å²) < 4.78 is 81.5. The maximum absolute atomic E-state index is 12.8. The topological polar surface area (TPSA) is 66.8 Å². The van der Waals surface area contributed by atoms with Crippen LogP contribution in [-0.4, -0.2) is 46.3 Å². The molecule has 128 valence electrons. The lowest BCUT2D eigenvalue weighted by molar-refractivity contribution is -0.394. The quantitative estimate of drug-likeness (QED) is 0.471. The van der Waals surface area contributed by atoms with Crippen molar-refractivity contribution in [1.82, 2.24) is 0 Å². The van der Waals surface area contributed by atoms with Gasteiger partial charge in [-0.25, -0.2) is 4.79 Å². The number of hydrogen-bond acceptors (Lipinski definition) is 4. The largest absolute Gasteiger partial charge is 0.459 e. The Hall–Kier alpha value is -1.29. The van der Waals surface area contributed by atoms with E-state index in [4.69, 9.17) is 0 Å². The smallest absolute Gasteiger partial charge is 0.426 e. The van der Waals surface area contributed by atoms with Gasteiger partial charge in [-0.05, 0) is 19.3 Å². The van der Waals surface area contributed by atoms with Crippen molar-refractivity contribution in [2.75, 3.05) is 0 Å². The summed E-state index contributed by atoms with van der Waals surface area (Å²) >= 11 is 0. The number of carbonyl (C=O) groups excluding carboxylic acids is 1. The van der Waals surface area contributed by atoms with E-state index in [2.05, 4.69) is 11.3 Å². The molecule has 0 bridgehead atoms. The fourth-order valence-corrected chi connectivity index (χ4v) is 2.47. The zero-order chi connectivity index (χ0) is 17.3. The molecule has 1 aliphatic rings. The second-order valence-electron chi connectivity index (χ2n) is 5.01. The molecule has 0 radical (unpaired) electrons. The molecule has 2 N–H and O–H groups in total. The number of ether oxygens (including phenoxy) is 1. The number of carbonyl (C=O) groups is 1. The van der Waals surface area contributed by atoms with Gasteiger partial charge in [-0.3, -0.25) is 0 Å². The van der Waals surface area contributed by atoms with Crippen molar-refractivity contribution < 1.29 is 46.1 Å². The maximum atomic E-state index is 12.8. The molecule has 0 aromatic rings. The molecule has 1 fully saturated rings. The van der Waals surface area contributed by atoms with Gasteiger partial charge in [0, 0.05) is 12.0 Å². The van der Waals surface area contributed by atoms with Gasteiger partial charge >= 0.3 is 18.3 Å². The first-order chi connectivity index (χ1) is 9.84. The highest BCUT2D eigenvalue weighted by molar-refractivity contribution is 5.81. The molecule has 3 unspecified atom stereocenters. The van der Waals surface area contributed by atoms with Gasteiger partial charge in [-0.15, -0.1) is 0 Å². The average Bonchev–Trinajstić information content (AvgIpc) is 2.37. The standard InChI is InChI=1S/C12H14F6O4/c1-2-9(20)22-6-3-4-8(19)7(5-6)10(21,11(13,14)15)12(16,17)18/h2,6-8,19,21H,1,3-5H2. The molecule has 0 aliphatic heterocycles. The van der Waals surface area contributed by atoms with E-state index in [0.29, 0.717) is 6.08 Å². The first-order valence-electron chi connectivity index (χ1n) is 6.21. The minimum Gasteiger partial charge on any atom is -0.459 e. The number of halogens is 6. The number of hydrogen-bond donors (Lipinski definition) is 2. The summed E-state index contributed by atoms with van der Waals surface area (Å²) in [6.45, 7) is 3.05. The lowest BCUT2D eigenvalue weighted by Gasteiger charge is -2.44. The van der Waals surface area contributed by atoms with E-state index in [1.54, 1.807) is 0 Å². The first-order valence-corrected chi connectivity index (χ1v) is 6.21. The van der Waals surface area contributed by atoms with Gasteiger partial charge in [0.05, 0.1) is 6.10 Å². The van der Waals surface area contributed by atoms with Gasteiger partial charge in [0.25, 0.3) is 5.60 Å². The SMILES string of the molecule is C=CC(=O)OC1CCC(O)C(C(O)(C(F)(F)F)C(F)(F)F)C1. The Kier molecular flexibility index (Phi) is 5.18. The lowest BCUT2D eigenvalue weighted by atomic mass is 9.73. The van der Waals surface area contributed by atoms with Crippen LogP contribution in [-0.2, 0) is 9.53 Å². The first kappa shape index (κ1) is 18.8. The van der Waals surface area contributed by atoms with Crippen LogP contribution in [0.2, 0.25) is 0 Å². The number of alkyl halides is 6. The third kappa shape index (κ3) is 3.37. The van der Waals surface area contributed by atoms with E-state index >= 15 is 0 Å². The summed E-state index contributed by atoms with van der Waals surface area (Å²) in [4.78, 5) is 11.0. The van der Waals surface area contributed by atoms with Crippen LogP contribution >= 0.6 is 0 Å². The van der Waals surface area contributed by atoms with Crippen molar-refractivity contribution in [1.29, 1.82) is 0 Å². The molecule has 10 heteroatoms. The summed E-state index contributed by atoms with van der Waals surface area (Å²) in [5.41, 5.74) is -5.08. The number of aliphatic hydroxyl groups excluding tert-OH is 1. The van der Waals surface area contributed by atoms with Crippen molar-refractivity contribution in [3.05, 3.63) is 12.7 Å². The van der Waals surface area contributed by atoms with E-state index < -0.39 is 54.9 Å². The summed E-state index contributed by atoms with van der Waals surface area (Å²) in [5.74, 6) is -3.61. The van der Waals surface area contributed by atoms with Crippen LogP contribution < -0.4 is 0 Å². The molecule has 0 heterocycles. The Bertz CT molecular complexity index is 416. The van der Waals surface area contributed by atoms with Crippen molar-refractivity contribution in [3.8, 4) is 0 Å².